The van der Waals surface area contributed by atoms with E-state index in [-0.39, 0.29) is 29.5 Å². The Labute approximate surface area is 316 Å². The number of halogens is 3. The Kier molecular flexibility index (Phi) is 13.2. The van der Waals surface area contributed by atoms with Gasteiger partial charge in [0.15, 0.2) is 21.3 Å². The summed E-state index contributed by atoms with van der Waals surface area (Å²) in [6, 6.07) is 16.9. The number of carbonyl (C=O) groups excluding carboxylic acids is 1. The van der Waals surface area contributed by atoms with E-state index in [1.807, 2.05) is 39.0 Å². The summed E-state index contributed by atoms with van der Waals surface area (Å²) in [5.74, 6) is -3.95. The molecule has 1 fully saturated rings. The number of carboxylic acid groups (broad SMARTS) is 2. The van der Waals surface area contributed by atoms with E-state index in [9.17, 15) is 36.3 Å². The predicted octanol–water partition coefficient (Wildman–Crippen LogP) is 6.65. The van der Waals surface area contributed by atoms with Gasteiger partial charge < -0.3 is 35.6 Å². The molecule has 1 saturated heterocycles. The molecule has 4 aromatic rings. The summed E-state index contributed by atoms with van der Waals surface area (Å²) < 4.78 is 70.6. The highest BCUT2D eigenvalue weighted by Crippen LogP contribution is 2.43. The van der Waals surface area contributed by atoms with Crippen LogP contribution in [0, 0.1) is 5.92 Å². The average Bonchev–Trinajstić information content (AvgIpc) is 3.57. The first-order valence-corrected chi connectivity index (χ1v) is 18.8. The molecule has 55 heavy (non-hydrogen) atoms. The number of benzene rings is 3. The standard InChI is InChI=1S/C36H42N4O7S.C2HF3O2/c1-6-46-30-20-24(11-14-29(30)47-21(2)3)32(39-25-12-13-26-23(19-25)15-17-38-34(26)37)35(41)40-18-16-28(36(42)43)33(40)27-9-7-8-10-31(27)48(44,45)22(4)5;3-2(4,5)1(6)7/h7-15,17,19-22,28,32-33,39H,6,16,18H2,1-5H3,(H2,37,38)(H,42,43);(H,6,7)/t28?,32-,33?;/m0./s1. The summed E-state index contributed by atoms with van der Waals surface area (Å²) >= 11 is 0. The molecule has 1 aliphatic heterocycles. The van der Waals surface area contributed by atoms with E-state index in [0.29, 0.717) is 35.2 Å². The molecule has 2 unspecified atom stereocenters. The van der Waals surface area contributed by atoms with Crippen molar-refractivity contribution in [3.8, 4) is 11.5 Å². The summed E-state index contributed by atoms with van der Waals surface area (Å²) in [5, 5.41) is 21.6. The number of carbonyl (C=O) groups is 3. The maximum Gasteiger partial charge on any atom is 0.490 e. The number of pyridine rings is 1. The summed E-state index contributed by atoms with van der Waals surface area (Å²) in [4.78, 5) is 42.1. The first kappa shape index (κ1) is 42.2. The third-order valence-electron chi connectivity index (χ3n) is 8.72. The zero-order chi connectivity index (χ0) is 40.8. The maximum absolute atomic E-state index is 14.9. The largest absolute Gasteiger partial charge is 0.490 e. The average molecular weight is 789 g/mol. The molecule has 1 aliphatic rings. The Morgan fingerprint density at radius 2 is 1.67 bits per heavy atom. The Hall–Kier alpha value is -5.58. The molecule has 5 rings (SSSR count). The van der Waals surface area contributed by atoms with Gasteiger partial charge in [0.05, 0.1) is 34.8 Å². The van der Waals surface area contributed by atoms with Crippen LogP contribution in [0.15, 0.2) is 77.8 Å². The molecular weight excluding hydrogens is 745 g/mol. The number of nitrogen functional groups attached to an aromatic ring is 1. The lowest BCUT2D eigenvalue weighted by atomic mass is 9.93. The van der Waals surface area contributed by atoms with Crippen molar-refractivity contribution in [3.63, 3.8) is 0 Å². The number of carboxylic acids is 2. The van der Waals surface area contributed by atoms with Crippen LogP contribution in [0.4, 0.5) is 24.7 Å². The molecular formula is C38H43F3N4O9S. The number of nitrogens with one attached hydrogen (secondary N) is 1. The monoisotopic (exact) mass is 788 g/mol. The summed E-state index contributed by atoms with van der Waals surface area (Å²) in [6.07, 6.45) is -3.44. The molecule has 2 heterocycles. The molecule has 0 spiro atoms. The summed E-state index contributed by atoms with van der Waals surface area (Å²) in [5.41, 5.74) is 7.53. The molecule has 296 valence electrons. The van der Waals surface area contributed by atoms with E-state index in [1.54, 1.807) is 62.5 Å². The van der Waals surface area contributed by atoms with E-state index in [0.717, 1.165) is 10.8 Å². The summed E-state index contributed by atoms with van der Waals surface area (Å²) in [6.45, 7) is 9.29. The van der Waals surface area contributed by atoms with Gasteiger partial charge in [-0.1, -0.05) is 24.3 Å². The van der Waals surface area contributed by atoms with Crippen molar-refractivity contribution in [1.29, 1.82) is 0 Å². The van der Waals surface area contributed by atoms with Crippen LogP contribution < -0.4 is 20.5 Å². The zero-order valence-electron chi connectivity index (χ0n) is 30.7. The van der Waals surface area contributed by atoms with Crippen molar-refractivity contribution in [2.45, 2.75) is 75.5 Å². The van der Waals surface area contributed by atoms with Gasteiger partial charge >= 0.3 is 18.1 Å². The van der Waals surface area contributed by atoms with Gasteiger partial charge in [0, 0.05) is 23.8 Å². The van der Waals surface area contributed by atoms with Crippen molar-refractivity contribution in [1.82, 2.24) is 9.88 Å². The minimum atomic E-state index is -5.08. The van der Waals surface area contributed by atoms with Gasteiger partial charge in [-0.25, -0.2) is 18.2 Å². The smallest absolute Gasteiger partial charge is 0.490 e. The molecule has 0 aliphatic carbocycles. The van der Waals surface area contributed by atoms with Crippen molar-refractivity contribution >= 4 is 50.0 Å². The number of alkyl halides is 3. The van der Waals surface area contributed by atoms with Crippen molar-refractivity contribution in [3.05, 3.63) is 84.1 Å². The van der Waals surface area contributed by atoms with Gasteiger partial charge in [-0.2, -0.15) is 13.2 Å². The van der Waals surface area contributed by atoms with Gasteiger partial charge in [-0.3, -0.25) is 9.59 Å². The molecule has 1 aromatic heterocycles. The van der Waals surface area contributed by atoms with Crippen LogP contribution in [-0.4, -0.2) is 77.0 Å². The number of aromatic nitrogens is 1. The second-order valence-corrected chi connectivity index (χ2v) is 15.6. The highest BCUT2D eigenvalue weighted by Gasteiger charge is 2.46. The Morgan fingerprint density at radius 1 is 1.00 bits per heavy atom. The van der Waals surface area contributed by atoms with Crippen LogP contribution in [0.1, 0.15) is 64.3 Å². The second kappa shape index (κ2) is 17.3. The predicted molar refractivity (Wildman–Crippen MR) is 199 cm³/mol. The number of sulfone groups is 1. The lowest BCUT2D eigenvalue weighted by molar-refractivity contribution is -0.192. The fraction of sp³-hybridized carbons (Fsp3) is 0.368. The van der Waals surface area contributed by atoms with E-state index < -0.39 is 57.1 Å². The fourth-order valence-corrected chi connectivity index (χ4v) is 7.45. The lowest BCUT2D eigenvalue weighted by Gasteiger charge is -2.33. The maximum atomic E-state index is 14.9. The molecule has 0 saturated carbocycles. The lowest BCUT2D eigenvalue weighted by Crippen LogP contribution is -2.40. The van der Waals surface area contributed by atoms with Crippen molar-refractivity contribution in [2.24, 2.45) is 5.92 Å². The number of likely N-dealkylation sites (tertiary alicyclic amines) is 1. The fourth-order valence-electron chi connectivity index (χ4n) is 6.16. The normalized spacial score (nSPS) is 16.4. The Balaban J connectivity index is 0.000000876. The van der Waals surface area contributed by atoms with Crippen LogP contribution in [0.3, 0.4) is 0 Å². The van der Waals surface area contributed by atoms with Crippen LogP contribution in [0.25, 0.3) is 10.8 Å². The van der Waals surface area contributed by atoms with Crippen LogP contribution in [0.5, 0.6) is 11.5 Å². The van der Waals surface area contributed by atoms with E-state index in [4.69, 9.17) is 25.1 Å². The van der Waals surface area contributed by atoms with Gasteiger partial charge in [0.25, 0.3) is 0 Å². The third-order valence-corrected chi connectivity index (χ3v) is 10.9. The number of anilines is 2. The van der Waals surface area contributed by atoms with Gasteiger partial charge in [0.2, 0.25) is 5.91 Å². The molecule has 17 heteroatoms. The van der Waals surface area contributed by atoms with Crippen molar-refractivity contribution in [2.75, 3.05) is 24.2 Å². The quantitative estimate of drug-likeness (QED) is 0.119. The third kappa shape index (κ3) is 9.75. The zero-order valence-corrected chi connectivity index (χ0v) is 31.5. The molecule has 13 nitrogen and oxygen atoms in total. The van der Waals surface area contributed by atoms with Crippen LogP contribution in [0.2, 0.25) is 0 Å². The minimum absolute atomic E-state index is 0.0232. The number of hydrogen-bond donors (Lipinski definition) is 4. The van der Waals surface area contributed by atoms with E-state index in [1.165, 1.54) is 11.0 Å². The Morgan fingerprint density at radius 3 is 2.27 bits per heavy atom. The van der Waals surface area contributed by atoms with Crippen LogP contribution in [-0.2, 0) is 24.2 Å². The second-order valence-electron chi connectivity index (χ2n) is 13.2. The van der Waals surface area contributed by atoms with Gasteiger partial charge in [-0.05, 0) is 100 Å². The molecule has 3 aromatic carbocycles. The van der Waals surface area contributed by atoms with E-state index >= 15 is 0 Å². The molecule has 5 N–H and O–H groups in total. The Bertz CT molecular complexity index is 2150. The number of hydrogen-bond acceptors (Lipinski definition) is 10. The number of amides is 1. The number of nitrogens with zero attached hydrogens (tertiary/aromatic N) is 2. The first-order chi connectivity index (χ1) is 25.8. The topological polar surface area (TPSA) is 198 Å². The number of nitrogens with two attached hydrogens (primary N) is 1. The van der Waals surface area contributed by atoms with Crippen LogP contribution >= 0.6 is 0 Å². The molecule has 0 bridgehead atoms. The van der Waals surface area contributed by atoms with Gasteiger partial charge in [-0.15, -0.1) is 0 Å². The van der Waals surface area contributed by atoms with Gasteiger partial charge in [0.1, 0.15) is 11.9 Å². The number of aliphatic carboxylic acids is 2. The van der Waals surface area contributed by atoms with Crippen molar-refractivity contribution < 1.29 is 55.7 Å². The molecule has 3 atom stereocenters. The highest BCUT2D eigenvalue weighted by atomic mass is 32.2. The molecule has 1 amide bonds. The SMILES string of the molecule is CCOc1cc([C@H](Nc2ccc3c(N)nccc3c2)C(=O)N2CCC(C(=O)O)C2c2ccccc2S(=O)(=O)C(C)C)ccc1OC(C)C.O=C(O)C(F)(F)F. The highest BCUT2D eigenvalue weighted by molar-refractivity contribution is 7.92. The summed E-state index contributed by atoms with van der Waals surface area (Å²) in [7, 11) is -3.81. The molecule has 0 radical (unpaired) electrons. The number of rotatable bonds is 12. The first-order valence-electron chi connectivity index (χ1n) is 17.3. The van der Waals surface area contributed by atoms with E-state index in [2.05, 4.69) is 10.3 Å². The minimum Gasteiger partial charge on any atom is -0.490 e. The number of ether oxygens (including phenoxy) is 2. The number of fused-ring (bicyclic) bond motifs is 1.